The molecular formula is C24H21N5O5S. The number of fused-ring (bicyclic) bond motifs is 2. The lowest BCUT2D eigenvalue weighted by Gasteiger charge is -2.34. The molecule has 0 spiro atoms. The third kappa shape index (κ3) is 4.12. The molecule has 1 aliphatic heterocycles. The zero-order chi connectivity index (χ0) is 24.7. The molecular weight excluding hydrogens is 470 g/mol. The number of carbonyl (C=O) groups excluding carboxylic acids is 1. The number of amidine groups is 1. The number of anilines is 2. The van der Waals surface area contributed by atoms with E-state index in [1.165, 1.54) is 35.9 Å². The second kappa shape index (κ2) is 8.55. The first-order valence-electron chi connectivity index (χ1n) is 10.6. The Hall–Kier alpha value is -4.19. The average molecular weight is 492 g/mol. The van der Waals surface area contributed by atoms with E-state index in [9.17, 15) is 23.8 Å². The predicted molar refractivity (Wildman–Crippen MR) is 135 cm³/mol. The number of amides is 1. The summed E-state index contributed by atoms with van der Waals surface area (Å²) in [5.74, 6) is -0.886. The van der Waals surface area contributed by atoms with Crippen LogP contribution in [0.4, 0.5) is 11.4 Å². The fourth-order valence-electron chi connectivity index (χ4n) is 3.97. The zero-order valence-electron chi connectivity index (χ0n) is 18.5. The van der Waals surface area contributed by atoms with Crippen LogP contribution in [0, 0.1) is 0 Å². The second-order valence-corrected chi connectivity index (χ2v) is 9.61. The van der Waals surface area contributed by atoms with Crippen molar-refractivity contribution in [2.45, 2.75) is 18.4 Å². The first-order valence-corrected chi connectivity index (χ1v) is 12.1. The molecule has 2 aromatic carbocycles. The molecule has 5 N–H and O–H groups in total. The SMILES string of the molecule is CC(=O)Nc1ccc2c(c1)NC(c1c(O)c3cccnc3n(Cc3ccccc3)c1=O)=NS2(O)O. The summed E-state index contributed by atoms with van der Waals surface area (Å²) in [4.78, 5) is 29.5. The molecule has 5 rings (SSSR count). The van der Waals surface area contributed by atoms with Gasteiger partial charge in [0.05, 0.1) is 17.6 Å². The Labute approximate surface area is 201 Å². The number of rotatable bonds is 4. The summed E-state index contributed by atoms with van der Waals surface area (Å²) in [5.41, 5.74) is 0.928. The van der Waals surface area contributed by atoms with Gasteiger partial charge in [0.2, 0.25) is 5.91 Å². The Morgan fingerprint density at radius 3 is 2.63 bits per heavy atom. The van der Waals surface area contributed by atoms with E-state index in [1.807, 2.05) is 30.3 Å². The Bertz CT molecular complexity index is 1570. The van der Waals surface area contributed by atoms with Crippen molar-refractivity contribution in [3.8, 4) is 5.75 Å². The van der Waals surface area contributed by atoms with Gasteiger partial charge in [-0.05, 0) is 35.9 Å². The van der Waals surface area contributed by atoms with Crippen LogP contribution in [0.3, 0.4) is 0 Å². The first-order chi connectivity index (χ1) is 16.7. The van der Waals surface area contributed by atoms with E-state index in [2.05, 4.69) is 20.0 Å². The summed E-state index contributed by atoms with van der Waals surface area (Å²) in [6, 6.07) is 17.0. The standard InChI is InChI=1S/C24H21N5O5S/c1-14(30)26-16-9-10-19-18(12-16)27-22(28-35(19,33)34)20-21(31)17-8-5-11-25-23(17)29(24(20)32)13-15-6-3-2-4-7-15/h2-12,31,33-34H,13H2,1H3,(H,26,30)(H,27,28). The molecule has 10 nitrogen and oxygen atoms in total. The van der Waals surface area contributed by atoms with Crippen LogP contribution in [-0.2, 0) is 11.3 Å². The molecule has 35 heavy (non-hydrogen) atoms. The highest BCUT2D eigenvalue weighted by Gasteiger charge is 2.31. The minimum Gasteiger partial charge on any atom is -0.506 e. The zero-order valence-corrected chi connectivity index (χ0v) is 19.3. The van der Waals surface area contributed by atoms with Crippen LogP contribution < -0.4 is 16.2 Å². The van der Waals surface area contributed by atoms with Crippen molar-refractivity contribution >= 4 is 44.9 Å². The summed E-state index contributed by atoms with van der Waals surface area (Å²) in [6.45, 7) is 1.52. The van der Waals surface area contributed by atoms with E-state index < -0.39 is 16.3 Å². The topological polar surface area (TPSA) is 149 Å². The lowest BCUT2D eigenvalue weighted by Crippen LogP contribution is -2.32. The molecule has 0 radical (unpaired) electrons. The molecule has 4 aromatic rings. The maximum absolute atomic E-state index is 13.7. The minimum absolute atomic E-state index is 0.0990. The molecule has 178 valence electrons. The summed E-state index contributed by atoms with van der Waals surface area (Å²) in [5, 5.41) is 16.9. The van der Waals surface area contributed by atoms with Gasteiger partial charge in [0.1, 0.15) is 21.9 Å². The summed E-state index contributed by atoms with van der Waals surface area (Å²) >= 11 is 0. The van der Waals surface area contributed by atoms with E-state index >= 15 is 0 Å². The summed E-state index contributed by atoms with van der Waals surface area (Å²) < 4.78 is 26.9. The van der Waals surface area contributed by atoms with Crippen LogP contribution >= 0.6 is 10.8 Å². The fourth-order valence-corrected chi connectivity index (χ4v) is 5.12. The third-order valence-corrected chi connectivity index (χ3v) is 6.86. The molecule has 1 aliphatic rings. The normalized spacial score (nSPS) is 15.0. The monoisotopic (exact) mass is 491 g/mol. The second-order valence-electron chi connectivity index (χ2n) is 7.95. The quantitative estimate of drug-likeness (QED) is 0.290. The third-order valence-electron chi connectivity index (χ3n) is 5.48. The number of nitrogens with zero attached hydrogens (tertiary/aromatic N) is 3. The number of hydrogen-bond donors (Lipinski definition) is 5. The van der Waals surface area contributed by atoms with Crippen molar-refractivity contribution in [3.63, 3.8) is 0 Å². The number of aromatic nitrogens is 2. The van der Waals surface area contributed by atoms with Crippen LogP contribution in [0.2, 0.25) is 0 Å². The van der Waals surface area contributed by atoms with Gasteiger partial charge in [0, 0.05) is 18.8 Å². The van der Waals surface area contributed by atoms with Gasteiger partial charge in [0.15, 0.2) is 5.84 Å². The average Bonchev–Trinajstić information content (AvgIpc) is 2.81. The largest absolute Gasteiger partial charge is 0.506 e. The molecule has 0 bridgehead atoms. The van der Waals surface area contributed by atoms with Crippen LogP contribution in [0.1, 0.15) is 18.1 Å². The molecule has 0 atom stereocenters. The highest BCUT2D eigenvalue weighted by molar-refractivity contribution is 8.23. The van der Waals surface area contributed by atoms with Crippen molar-refractivity contribution < 1.29 is 19.0 Å². The van der Waals surface area contributed by atoms with E-state index in [0.717, 1.165) is 5.56 Å². The van der Waals surface area contributed by atoms with Gasteiger partial charge in [-0.1, -0.05) is 41.1 Å². The number of aromatic hydroxyl groups is 1. The maximum atomic E-state index is 13.7. The summed E-state index contributed by atoms with van der Waals surface area (Å²) in [6.07, 6.45) is 1.52. The van der Waals surface area contributed by atoms with Gasteiger partial charge in [0.25, 0.3) is 5.56 Å². The molecule has 0 aliphatic carbocycles. The van der Waals surface area contributed by atoms with Crippen molar-refractivity contribution in [1.82, 2.24) is 9.55 Å². The van der Waals surface area contributed by atoms with Crippen molar-refractivity contribution in [3.05, 3.63) is 88.3 Å². The predicted octanol–water partition coefficient (Wildman–Crippen LogP) is 4.01. The number of carbonyl (C=O) groups is 1. The minimum atomic E-state index is -3.71. The van der Waals surface area contributed by atoms with Gasteiger partial charge in [-0.2, -0.15) is 0 Å². The number of hydrogen-bond acceptors (Lipinski definition) is 8. The Morgan fingerprint density at radius 2 is 1.89 bits per heavy atom. The lowest BCUT2D eigenvalue weighted by atomic mass is 10.1. The molecule has 0 saturated heterocycles. The van der Waals surface area contributed by atoms with Crippen LogP contribution in [0.25, 0.3) is 11.0 Å². The van der Waals surface area contributed by atoms with Crippen molar-refractivity contribution in [1.29, 1.82) is 0 Å². The Balaban J connectivity index is 1.69. The van der Waals surface area contributed by atoms with E-state index in [1.54, 1.807) is 12.1 Å². The first kappa shape index (κ1) is 22.6. The highest BCUT2D eigenvalue weighted by atomic mass is 32.3. The van der Waals surface area contributed by atoms with E-state index in [0.29, 0.717) is 11.1 Å². The highest BCUT2D eigenvalue weighted by Crippen LogP contribution is 2.56. The molecule has 0 unspecified atom stereocenters. The number of nitrogens with one attached hydrogen (secondary N) is 2. The Morgan fingerprint density at radius 1 is 1.11 bits per heavy atom. The molecule has 2 aromatic heterocycles. The van der Waals surface area contributed by atoms with Crippen LogP contribution in [0.5, 0.6) is 5.75 Å². The van der Waals surface area contributed by atoms with Crippen LogP contribution in [0.15, 0.2) is 80.9 Å². The van der Waals surface area contributed by atoms with Crippen molar-refractivity contribution in [2.24, 2.45) is 4.40 Å². The molecule has 0 saturated carbocycles. The maximum Gasteiger partial charge on any atom is 0.267 e. The summed E-state index contributed by atoms with van der Waals surface area (Å²) in [7, 11) is -3.71. The number of benzene rings is 2. The van der Waals surface area contributed by atoms with E-state index in [-0.39, 0.29) is 45.8 Å². The van der Waals surface area contributed by atoms with Crippen molar-refractivity contribution in [2.75, 3.05) is 10.6 Å². The molecule has 0 fully saturated rings. The van der Waals surface area contributed by atoms with Gasteiger partial charge in [-0.3, -0.25) is 23.3 Å². The lowest BCUT2D eigenvalue weighted by molar-refractivity contribution is -0.114. The van der Waals surface area contributed by atoms with Gasteiger partial charge in [-0.15, -0.1) is 4.40 Å². The van der Waals surface area contributed by atoms with Gasteiger partial charge in [-0.25, -0.2) is 4.98 Å². The Kier molecular flexibility index (Phi) is 5.52. The van der Waals surface area contributed by atoms with E-state index in [4.69, 9.17) is 0 Å². The fraction of sp³-hybridized carbons (Fsp3) is 0.0833. The molecule has 3 heterocycles. The molecule has 11 heteroatoms. The molecule has 1 amide bonds. The van der Waals surface area contributed by atoms with Gasteiger partial charge < -0.3 is 15.7 Å². The smallest absolute Gasteiger partial charge is 0.267 e. The van der Waals surface area contributed by atoms with Crippen LogP contribution in [-0.4, -0.2) is 35.5 Å². The number of pyridine rings is 2. The van der Waals surface area contributed by atoms with Gasteiger partial charge >= 0.3 is 0 Å².